The molecule has 0 saturated carbocycles. The fourth-order valence-electron chi connectivity index (χ4n) is 2.64. The molecule has 2 aromatic heterocycles. The first kappa shape index (κ1) is 19.5. The molecule has 3 rings (SSSR count). The molecule has 0 fully saturated rings. The second-order valence-electron chi connectivity index (χ2n) is 6.37. The number of benzene rings is 1. The number of aromatic amines is 1. The molecule has 1 aromatic carbocycles. The van der Waals surface area contributed by atoms with Crippen molar-refractivity contribution in [3.05, 3.63) is 69.8 Å². The third-order valence-corrected chi connectivity index (χ3v) is 4.40. The van der Waals surface area contributed by atoms with E-state index in [-0.39, 0.29) is 17.4 Å². The van der Waals surface area contributed by atoms with Crippen LogP contribution in [0.2, 0.25) is 0 Å². The van der Waals surface area contributed by atoms with E-state index in [1.807, 2.05) is 13.0 Å². The van der Waals surface area contributed by atoms with Crippen LogP contribution >= 0.6 is 0 Å². The summed E-state index contributed by atoms with van der Waals surface area (Å²) < 4.78 is 28.8. The lowest BCUT2D eigenvalue weighted by molar-refractivity contribution is -0.0498. The molecule has 0 aliphatic carbocycles. The van der Waals surface area contributed by atoms with E-state index in [0.29, 0.717) is 28.5 Å². The van der Waals surface area contributed by atoms with Gasteiger partial charge in [0.05, 0.1) is 0 Å². The average molecular weight is 386 g/mol. The van der Waals surface area contributed by atoms with Gasteiger partial charge in [0.25, 0.3) is 5.56 Å². The average Bonchev–Trinajstić information content (AvgIpc) is 2.66. The van der Waals surface area contributed by atoms with Crippen LogP contribution in [0.1, 0.15) is 29.8 Å². The number of H-pyrrole nitrogens is 1. The Bertz CT molecular complexity index is 1000. The van der Waals surface area contributed by atoms with Crippen LogP contribution < -0.4 is 15.6 Å². The first-order valence-electron chi connectivity index (χ1n) is 8.68. The number of nitrogens with zero attached hydrogens (tertiary/aromatic N) is 2. The molecule has 28 heavy (non-hydrogen) atoms. The summed E-state index contributed by atoms with van der Waals surface area (Å²) in [5.41, 5.74) is 2.69. The highest BCUT2D eigenvalue weighted by Gasteiger charge is 2.10. The van der Waals surface area contributed by atoms with Crippen LogP contribution in [0.3, 0.4) is 0 Å². The molecular formula is C20H20F2N4O2. The number of pyridine rings is 1. The fraction of sp³-hybridized carbons (Fsp3) is 0.250. The second kappa shape index (κ2) is 8.16. The van der Waals surface area contributed by atoms with Gasteiger partial charge < -0.3 is 15.0 Å². The number of halogens is 2. The highest BCUT2D eigenvalue weighted by atomic mass is 19.3. The van der Waals surface area contributed by atoms with Crippen molar-refractivity contribution in [2.75, 3.05) is 5.32 Å². The first-order chi connectivity index (χ1) is 13.3. The van der Waals surface area contributed by atoms with Gasteiger partial charge in [-0.2, -0.15) is 8.78 Å². The molecule has 0 bridgehead atoms. The Morgan fingerprint density at radius 3 is 2.39 bits per heavy atom. The van der Waals surface area contributed by atoms with Gasteiger partial charge in [-0.05, 0) is 50.6 Å². The van der Waals surface area contributed by atoms with Crippen LogP contribution in [0.5, 0.6) is 5.75 Å². The number of aromatic nitrogens is 3. The lowest BCUT2D eigenvalue weighted by Crippen LogP contribution is -2.14. The molecule has 8 heteroatoms. The van der Waals surface area contributed by atoms with Gasteiger partial charge >= 0.3 is 6.61 Å². The SMILES string of the molecule is Cc1nc(-c2ccc(NC(C)c3ccc(OC(F)F)cc3)nc2)[nH]c(=O)c1C. The van der Waals surface area contributed by atoms with Crippen LogP contribution in [0, 0.1) is 13.8 Å². The van der Waals surface area contributed by atoms with Crippen LogP contribution in [0.25, 0.3) is 11.4 Å². The molecule has 1 unspecified atom stereocenters. The van der Waals surface area contributed by atoms with E-state index in [1.54, 1.807) is 38.2 Å². The van der Waals surface area contributed by atoms with E-state index in [4.69, 9.17) is 0 Å². The maximum absolute atomic E-state index is 12.2. The summed E-state index contributed by atoms with van der Waals surface area (Å²) in [5, 5.41) is 3.24. The summed E-state index contributed by atoms with van der Waals surface area (Å²) >= 11 is 0. The Morgan fingerprint density at radius 2 is 1.82 bits per heavy atom. The van der Waals surface area contributed by atoms with Crippen molar-refractivity contribution in [2.24, 2.45) is 0 Å². The van der Waals surface area contributed by atoms with Gasteiger partial charge in [-0.15, -0.1) is 0 Å². The van der Waals surface area contributed by atoms with Crippen LogP contribution in [-0.2, 0) is 0 Å². The molecular weight excluding hydrogens is 366 g/mol. The zero-order valence-corrected chi connectivity index (χ0v) is 15.7. The number of hydrogen-bond donors (Lipinski definition) is 2. The normalized spacial score (nSPS) is 12.1. The molecule has 0 aliphatic rings. The molecule has 0 spiro atoms. The van der Waals surface area contributed by atoms with Gasteiger partial charge in [0, 0.05) is 29.1 Å². The van der Waals surface area contributed by atoms with E-state index in [2.05, 4.69) is 25.0 Å². The van der Waals surface area contributed by atoms with Crippen molar-refractivity contribution in [1.82, 2.24) is 15.0 Å². The molecule has 0 aliphatic heterocycles. The molecule has 6 nitrogen and oxygen atoms in total. The zero-order valence-electron chi connectivity index (χ0n) is 15.7. The van der Waals surface area contributed by atoms with Gasteiger partial charge in [0.2, 0.25) is 0 Å². The van der Waals surface area contributed by atoms with E-state index in [1.165, 1.54) is 12.1 Å². The number of ether oxygens (including phenoxy) is 1. The monoisotopic (exact) mass is 386 g/mol. The van der Waals surface area contributed by atoms with Crippen LogP contribution in [0.4, 0.5) is 14.6 Å². The third kappa shape index (κ3) is 4.51. The van der Waals surface area contributed by atoms with Crippen molar-refractivity contribution < 1.29 is 13.5 Å². The number of nitrogens with one attached hydrogen (secondary N) is 2. The maximum atomic E-state index is 12.2. The summed E-state index contributed by atoms with van der Waals surface area (Å²) in [6.45, 7) is 2.60. The number of anilines is 1. The topological polar surface area (TPSA) is 79.9 Å². The van der Waals surface area contributed by atoms with E-state index in [9.17, 15) is 13.6 Å². The summed E-state index contributed by atoms with van der Waals surface area (Å²) in [5.74, 6) is 1.22. The molecule has 1 atom stereocenters. The number of rotatable bonds is 6. The van der Waals surface area contributed by atoms with Gasteiger partial charge in [-0.3, -0.25) is 4.79 Å². The van der Waals surface area contributed by atoms with Crippen molar-refractivity contribution in [3.63, 3.8) is 0 Å². The Labute approximate surface area is 160 Å². The lowest BCUT2D eigenvalue weighted by Gasteiger charge is -2.16. The number of aryl methyl sites for hydroxylation is 1. The Balaban J connectivity index is 1.71. The highest BCUT2D eigenvalue weighted by Crippen LogP contribution is 2.23. The van der Waals surface area contributed by atoms with Gasteiger partial charge in [0.15, 0.2) is 0 Å². The minimum absolute atomic E-state index is 0.0986. The van der Waals surface area contributed by atoms with Gasteiger partial charge in [-0.1, -0.05) is 12.1 Å². The molecule has 0 radical (unpaired) electrons. The number of hydrogen-bond acceptors (Lipinski definition) is 5. The Kier molecular flexibility index (Phi) is 5.67. The quantitative estimate of drug-likeness (QED) is 0.663. The maximum Gasteiger partial charge on any atom is 0.387 e. The second-order valence-corrected chi connectivity index (χ2v) is 6.37. The standard InChI is InChI=1S/C20H20F2N4O2/c1-11-12(2)25-18(26-19(11)27)15-6-9-17(23-10-15)24-13(3)14-4-7-16(8-5-14)28-20(21)22/h4-10,13,20H,1-3H3,(H,23,24)(H,25,26,27). The molecule has 3 aromatic rings. The predicted molar refractivity (Wildman–Crippen MR) is 103 cm³/mol. The van der Waals surface area contributed by atoms with Crippen LogP contribution in [0.15, 0.2) is 47.4 Å². The van der Waals surface area contributed by atoms with Crippen molar-refractivity contribution in [2.45, 2.75) is 33.4 Å². The molecule has 0 saturated heterocycles. The summed E-state index contributed by atoms with van der Waals surface area (Å²) in [6.07, 6.45) is 1.63. The van der Waals surface area contributed by atoms with Gasteiger partial charge in [-0.25, -0.2) is 9.97 Å². The largest absolute Gasteiger partial charge is 0.435 e. The smallest absolute Gasteiger partial charge is 0.387 e. The fourth-order valence-corrected chi connectivity index (χ4v) is 2.64. The summed E-state index contributed by atoms with van der Waals surface area (Å²) in [4.78, 5) is 23.4. The van der Waals surface area contributed by atoms with Crippen LogP contribution in [-0.4, -0.2) is 21.6 Å². The molecule has 146 valence electrons. The van der Waals surface area contributed by atoms with Gasteiger partial charge in [0.1, 0.15) is 17.4 Å². The van der Waals surface area contributed by atoms with Crippen molar-refractivity contribution in [1.29, 1.82) is 0 Å². The predicted octanol–water partition coefficient (Wildman–Crippen LogP) is 4.22. The first-order valence-corrected chi connectivity index (χ1v) is 8.68. The minimum atomic E-state index is -2.84. The number of alkyl halides is 2. The van der Waals surface area contributed by atoms with E-state index < -0.39 is 6.61 Å². The summed E-state index contributed by atoms with van der Waals surface area (Å²) in [6, 6.07) is 9.93. The minimum Gasteiger partial charge on any atom is -0.435 e. The third-order valence-electron chi connectivity index (χ3n) is 4.40. The van der Waals surface area contributed by atoms with Crippen molar-refractivity contribution in [3.8, 4) is 17.1 Å². The molecule has 2 N–H and O–H groups in total. The molecule has 0 amide bonds. The van der Waals surface area contributed by atoms with E-state index in [0.717, 1.165) is 5.56 Å². The van der Waals surface area contributed by atoms with E-state index >= 15 is 0 Å². The highest BCUT2D eigenvalue weighted by molar-refractivity contribution is 5.56. The lowest BCUT2D eigenvalue weighted by atomic mass is 10.1. The Morgan fingerprint density at radius 1 is 1.11 bits per heavy atom. The van der Waals surface area contributed by atoms with Crippen molar-refractivity contribution >= 4 is 5.82 Å². The zero-order chi connectivity index (χ0) is 20.3. The summed E-state index contributed by atoms with van der Waals surface area (Å²) in [7, 11) is 0. The molecule has 2 heterocycles. The Hall–Kier alpha value is -3.29.